The largest absolute Gasteiger partial charge is 0.350 e. The fraction of sp³-hybridized carbons (Fsp3) is 0.458. The molecule has 1 aliphatic heterocycles. The maximum absolute atomic E-state index is 12.9. The van der Waals surface area contributed by atoms with Crippen molar-refractivity contribution in [3.8, 4) is 0 Å². The Morgan fingerprint density at radius 2 is 1.74 bits per heavy atom. The summed E-state index contributed by atoms with van der Waals surface area (Å²) in [7, 11) is -3.88. The molecule has 9 nitrogen and oxygen atoms in total. The highest BCUT2D eigenvalue weighted by Crippen LogP contribution is 2.29. The van der Waals surface area contributed by atoms with Gasteiger partial charge >= 0.3 is 0 Å². The van der Waals surface area contributed by atoms with Crippen molar-refractivity contribution in [1.82, 2.24) is 10.2 Å². The van der Waals surface area contributed by atoms with E-state index < -0.39 is 26.9 Å². The molecule has 10 heteroatoms. The number of hydrogen-bond donors (Lipinski definition) is 1. The van der Waals surface area contributed by atoms with Crippen LogP contribution in [0.1, 0.15) is 42.9 Å². The smallest absolute Gasteiger partial charge is 0.271 e. The number of nitrogens with zero attached hydrogens (tertiary/aromatic N) is 3. The number of hydrogen-bond acceptors (Lipinski definition) is 6. The number of amides is 1. The molecule has 184 valence electrons. The van der Waals surface area contributed by atoms with E-state index in [1.165, 1.54) is 49.9 Å². The number of nitrogens with one attached hydrogen (secondary N) is 1. The first-order chi connectivity index (χ1) is 16.1. The number of nitro benzene ring substituents is 1. The quantitative estimate of drug-likeness (QED) is 0.428. The first kappa shape index (κ1) is 25.6. The number of aryl methyl sites for hydroxylation is 1. The molecular formula is C24H32N4O5S. The summed E-state index contributed by atoms with van der Waals surface area (Å²) in [5, 5.41) is 14.0. The first-order valence-corrected chi connectivity index (χ1v) is 13.2. The Hall–Kier alpha value is -2.98. The van der Waals surface area contributed by atoms with Crippen LogP contribution >= 0.6 is 0 Å². The van der Waals surface area contributed by atoms with Gasteiger partial charge in [0.25, 0.3) is 5.69 Å². The Labute approximate surface area is 201 Å². The molecule has 1 atom stereocenters. The van der Waals surface area contributed by atoms with Crippen LogP contribution in [0.25, 0.3) is 0 Å². The number of rotatable bonds is 9. The zero-order chi connectivity index (χ0) is 24.9. The van der Waals surface area contributed by atoms with Crippen molar-refractivity contribution in [3.05, 3.63) is 69.3 Å². The van der Waals surface area contributed by atoms with Crippen LogP contribution in [0.4, 0.5) is 11.4 Å². The van der Waals surface area contributed by atoms with Gasteiger partial charge in [-0.1, -0.05) is 36.8 Å². The van der Waals surface area contributed by atoms with Gasteiger partial charge in [0.1, 0.15) is 6.04 Å². The number of benzene rings is 2. The number of nitro groups is 1. The van der Waals surface area contributed by atoms with E-state index in [1.54, 1.807) is 6.92 Å². The van der Waals surface area contributed by atoms with E-state index in [-0.39, 0.29) is 17.9 Å². The van der Waals surface area contributed by atoms with E-state index in [9.17, 15) is 23.3 Å². The summed E-state index contributed by atoms with van der Waals surface area (Å²) < 4.78 is 26.1. The van der Waals surface area contributed by atoms with Gasteiger partial charge in [0.15, 0.2) is 0 Å². The molecule has 2 aromatic rings. The summed E-state index contributed by atoms with van der Waals surface area (Å²) >= 11 is 0. The van der Waals surface area contributed by atoms with E-state index >= 15 is 0 Å². The maximum atomic E-state index is 12.9. The number of anilines is 1. The van der Waals surface area contributed by atoms with Gasteiger partial charge in [-0.15, -0.1) is 0 Å². The van der Waals surface area contributed by atoms with Gasteiger partial charge in [-0.25, -0.2) is 8.42 Å². The third kappa shape index (κ3) is 6.54. The van der Waals surface area contributed by atoms with Crippen molar-refractivity contribution in [2.24, 2.45) is 0 Å². The number of piperidine rings is 1. The van der Waals surface area contributed by atoms with Gasteiger partial charge < -0.3 is 5.32 Å². The average Bonchev–Trinajstić information content (AvgIpc) is 2.79. The Morgan fingerprint density at radius 3 is 2.32 bits per heavy atom. The van der Waals surface area contributed by atoms with Gasteiger partial charge in [-0.05, 0) is 56.5 Å². The van der Waals surface area contributed by atoms with Gasteiger partial charge in [0.2, 0.25) is 15.9 Å². The predicted molar refractivity (Wildman–Crippen MR) is 132 cm³/mol. The number of sulfonamides is 1. The fourth-order valence-corrected chi connectivity index (χ4v) is 5.43. The van der Waals surface area contributed by atoms with Crippen LogP contribution in [0, 0.1) is 17.0 Å². The monoisotopic (exact) mass is 488 g/mol. The molecular weight excluding hydrogens is 456 g/mol. The lowest BCUT2D eigenvalue weighted by molar-refractivity contribution is -0.384. The summed E-state index contributed by atoms with van der Waals surface area (Å²) in [4.78, 5) is 25.9. The molecule has 34 heavy (non-hydrogen) atoms. The second kappa shape index (κ2) is 11.0. The van der Waals surface area contributed by atoms with Gasteiger partial charge in [0.05, 0.1) is 16.9 Å². The highest BCUT2D eigenvalue weighted by molar-refractivity contribution is 7.92. The molecule has 1 N–H and O–H groups in total. The third-order valence-corrected chi connectivity index (χ3v) is 7.30. The van der Waals surface area contributed by atoms with Gasteiger partial charge in [-0.2, -0.15) is 0 Å². The number of carbonyl (C=O) groups excluding carboxylic acids is 1. The van der Waals surface area contributed by atoms with Gasteiger partial charge in [0, 0.05) is 25.2 Å². The number of non-ortho nitro benzene ring substituents is 1. The highest BCUT2D eigenvalue weighted by atomic mass is 32.2. The Morgan fingerprint density at radius 1 is 1.12 bits per heavy atom. The minimum absolute atomic E-state index is 0.112. The van der Waals surface area contributed by atoms with Crippen molar-refractivity contribution in [2.75, 3.05) is 23.7 Å². The van der Waals surface area contributed by atoms with Crippen molar-refractivity contribution in [3.63, 3.8) is 0 Å². The van der Waals surface area contributed by atoms with Crippen LogP contribution in [-0.2, 0) is 27.9 Å². The Kier molecular flexibility index (Phi) is 8.27. The zero-order valence-corrected chi connectivity index (χ0v) is 20.7. The Bertz CT molecular complexity index is 1130. The summed E-state index contributed by atoms with van der Waals surface area (Å²) in [6.45, 7) is 6.52. The molecule has 1 aliphatic rings. The highest BCUT2D eigenvalue weighted by Gasteiger charge is 2.31. The second-order valence-corrected chi connectivity index (χ2v) is 10.7. The standard InChI is InChI=1S/C24H32N4O5S/c1-18-7-12-22(28(30)31)15-23(18)27(34(3,32)33)19(2)24(29)25-16-20-8-10-21(11-9-20)17-26-13-5-4-6-14-26/h7-12,15,19H,4-6,13-14,16-17H2,1-3H3,(H,25,29). The topological polar surface area (TPSA) is 113 Å². The fourth-order valence-electron chi connectivity index (χ4n) is 4.20. The Balaban J connectivity index is 1.68. The van der Waals surface area contributed by atoms with Crippen LogP contribution in [0.3, 0.4) is 0 Å². The van der Waals surface area contributed by atoms with Crippen LogP contribution in [0.2, 0.25) is 0 Å². The number of carbonyl (C=O) groups is 1. The molecule has 1 unspecified atom stereocenters. The lowest BCUT2D eigenvalue weighted by Crippen LogP contribution is -2.48. The molecule has 0 bridgehead atoms. The van der Waals surface area contributed by atoms with E-state index in [2.05, 4.69) is 22.3 Å². The maximum Gasteiger partial charge on any atom is 0.271 e. The molecule has 1 heterocycles. The van der Waals surface area contributed by atoms with Crippen LogP contribution in [0.15, 0.2) is 42.5 Å². The van der Waals surface area contributed by atoms with Crippen LogP contribution in [-0.4, -0.2) is 49.5 Å². The second-order valence-electron chi connectivity index (χ2n) is 8.83. The van der Waals surface area contributed by atoms with Crippen molar-refractivity contribution in [2.45, 2.75) is 52.2 Å². The zero-order valence-electron chi connectivity index (χ0n) is 19.9. The van der Waals surface area contributed by atoms with E-state index in [0.29, 0.717) is 5.56 Å². The summed E-state index contributed by atoms with van der Waals surface area (Å²) in [6, 6.07) is 10.9. The molecule has 0 saturated carbocycles. The normalized spacial score (nSPS) is 15.5. The molecule has 0 aromatic heterocycles. The molecule has 2 aromatic carbocycles. The molecule has 1 saturated heterocycles. The van der Waals surface area contributed by atoms with Crippen molar-refractivity contribution >= 4 is 27.3 Å². The van der Waals surface area contributed by atoms with E-state index in [0.717, 1.165) is 35.8 Å². The predicted octanol–water partition coefficient (Wildman–Crippen LogP) is 3.36. The van der Waals surface area contributed by atoms with Gasteiger partial charge in [-0.3, -0.25) is 24.1 Å². The lowest BCUT2D eigenvalue weighted by atomic mass is 10.1. The molecule has 0 radical (unpaired) electrons. The minimum atomic E-state index is -3.88. The van der Waals surface area contributed by atoms with Crippen molar-refractivity contribution in [1.29, 1.82) is 0 Å². The van der Waals surface area contributed by atoms with Crippen molar-refractivity contribution < 1.29 is 18.1 Å². The first-order valence-electron chi connectivity index (χ1n) is 11.4. The summed E-state index contributed by atoms with van der Waals surface area (Å²) in [6.07, 6.45) is 4.76. The van der Waals surface area contributed by atoms with E-state index in [1.807, 2.05) is 12.1 Å². The summed E-state index contributed by atoms with van der Waals surface area (Å²) in [5.41, 5.74) is 2.50. The SMILES string of the molecule is Cc1ccc([N+](=O)[O-])cc1N(C(C)C(=O)NCc1ccc(CN2CCCCC2)cc1)S(C)(=O)=O. The molecule has 1 amide bonds. The molecule has 0 aliphatic carbocycles. The van der Waals surface area contributed by atoms with E-state index in [4.69, 9.17) is 0 Å². The van der Waals surface area contributed by atoms with Crippen LogP contribution < -0.4 is 9.62 Å². The molecule has 3 rings (SSSR count). The minimum Gasteiger partial charge on any atom is -0.350 e. The summed E-state index contributed by atoms with van der Waals surface area (Å²) in [5.74, 6) is -0.492. The van der Waals surface area contributed by atoms with Crippen LogP contribution in [0.5, 0.6) is 0 Å². The lowest BCUT2D eigenvalue weighted by Gasteiger charge is -2.29. The molecule has 1 fully saturated rings. The number of likely N-dealkylation sites (tertiary alicyclic amines) is 1. The molecule has 0 spiro atoms. The third-order valence-electron chi connectivity index (χ3n) is 6.07. The average molecular weight is 489 g/mol.